The van der Waals surface area contributed by atoms with Crippen molar-refractivity contribution in [2.45, 2.75) is 32.2 Å². The molecule has 1 aromatic heterocycles. The third-order valence-corrected chi connectivity index (χ3v) is 5.19. The van der Waals surface area contributed by atoms with Crippen molar-refractivity contribution in [3.63, 3.8) is 0 Å². The molecule has 0 aliphatic carbocycles. The van der Waals surface area contributed by atoms with E-state index in [0.29, 0.717) is 26.1 Å². The minimum atomic E-state index is -3.12. The van der Waals surface area contributed by atoms with Crippen LogP contribution in [-0.4, -0.2) is 54.1 Å². The van der Waals surface area contributed by atoms with Gasteiger partial charge in [-0.05, 0) is 25.2 Å². The summed E-state index contributed by atoms with van der Waals surface area (Å²) in [7, 11) is -3.12. The van der Waals surface area contributed by atoms with Crippen LogP contribution < -0.4 is 5.32 Å². The molecule has 8 heteroatoms. The van der Waals surface area contributed by atoms with Crippen molar-refractivity contribution in [3.05, 3.63) is 18.7 Å². The molecule has 1 aromatic rings. The fourth-order valence-corrected chi connectivity index (χ4v) is 3.62. The average Bonchev–Trinajstić information content (AvgIpc) is 2.98. The highest BCUT2D eigenvalue weighted by molar-refractivity contribution is 7.88. The molecule has 1 N–H and O–H groups in total. The number of hydrogen-bond acceptors (Lipinski definition) is 4. The summed E-state index contributed by atoms with van der Waals surface area (Å²) in [6.45, 7) is 2.43. The first-order valence-electron chi connectivity index (χ1n) is 7.62. The van der Waals surface area contributed by atoms with E-state index >= 15 is 0 Å². The molecule has 0 bridgehead atoms. The SMILES string of the molecule is CS(=O)(=O)N1CCC[C@H](CNC(=O)CCCn2ccnc2)C1. The van der Waals surface area contributed by atoms with Crippen molar-refractivity contribution in [1.82, 2.24) is 19.2 Å². The molecule has 7 nitrogen and oxygen atoms in total. The summed E-state index contributed by atoms with van der Waals surface area (Å²) in [6.07, 6.45) is 9.62. The summed E-state index contributed by atoms with van der Waals surface area (Å²) in [4.78, 5) is 15.8. The topological polar surface area (TPSA) is 84.3 Å². The molecule has 2 rings (SSSR count). The Balaban J connectivity index is 1.65. The molecule has 22 heavy (non-hydrogen) atoms. The summed E-state index contributed by atoms with van der Waals surface area (Å²) < 4.78 is 26.6. The van der Waals surface area contributed by atoms with Crippen molar-refractivity contribution in [2.24, 2.45) is 5.92 Å². The minimum Gasteiger partial charge on any atom is -0.356 e. The molecule has 0 spiro atoms. The predicted molar refractivity (Wildman–Crippen MR) is 83.6 cm³/mol. The van der Waals surface area contributed by atoms with E-state index in [1.54, 1.807) is 12.5 Å². The van der Waals surface area contributed by atoms with Crippen LogP contribution in [-0.2, 0) is 21.4 Å². The van der Waals surface area contributed by atoms with Crippen molar-refractivity contribution in [3.8, 4) is 0 Å². The van der Waals surface area contributed by atoms with E-state index in [1.165, 1.54) is 10.6 Å². The van der Waals surface area contributed by atoms with E-state index in [1.807, 2.05) is 10.8 Å². The first-order valence-corrected chi connectivity index (χ1v) is 9.47. The van der Waals surface area contributed by atoms with E-state index in [4.69, 9.17) is 0 Å². The van der Waals surface area contributed by atoms with Crippen molar-refractivity contribution < 1.29 is 13.2 Å². The summed E-state index contributed by atoms with van der Waals surface area (Å²) in [5.74, 6) is 0.234. The van der Waals surface area contributed by atoms with Gasteiger partial charge >= 0.3 is 0 Å². The van der Waals surface area contributed by atoms with Crippen LogP contribution in [0.25, 0.3) is 0 Å². The molecule has 0 unspecified atom stereocenters. The Morgan fingerprint density at radius 3 is 2.95 bits per heavy atom. The molecule has 1 saturated heterocycles. The minimum absolute atomic E-state index is 0.0246. The van der Waals surface area contributed by atoms with Gasteiger partial charge in [0.2, 0.25) is 15.9 Å². The van der Waals surface area contributed by atoms with Crippen LogP contribution in [0.3, 0.4) is 0 Å². The Kier molecular flexibility index (Phi) is 5.96. The zero-order valence-electron chi connectivity index (χ0n) is 12.9. The molecule has 124 valence electrons. The molecule has 2 heterocycles. The number of imidazole rings is 1. The summed E-state index contributed by atoms with van der Waals surface area (Å²) in [5.41, 5.74) is 0. The Bertz CT molecular complexity index is 571. The third-order valence-electron chi connectivity index (χ3n) is 3.92. The van der Waals surface area contributed by atoms with Crippen molar-refractivity contribution in [1.29, 1.82) is 0 Å². The number of hydrogen-bond donors (Lipinski definition) is 1. The Hall–Kier alpha value is -1.41. The van der Waals surface area contributed by atoms with Gasteiger partial charge < -0.3 is 9.88 Å². The first-order chi connectivity index (χ1) is 10.4. The number of sulfonamides is 1. The monoisotopic (exact) mass is 328 g/mol. The van der Waals surface area contributed by atoms with Gasteiger partial charge in [-0.1, -0.05) is 0 Å². The highest BCUT2D eigenvalue weighted by Crippen LogP contribution is 2.17. The fraction of sp³-hybridized carbons (Fsp3) is 0.714. The van der Waals surface area contributed by atoms with Gasteiger partial charge in [0.05, 0.1) is 12.6 Å². The molecular formula is C14H24N4O3S. The van der Waals surface area contributed by atoms with Crippen LogP contribution in [0.2, 0.25) is 0 Å². The third kappa shape index (κ3) is 5.42. The van der Waals surface area contributed by atoms with Crippen molar-refractivity contribution >= 4 is 15.9 Å². The van der Waals surface area contributed by atoms with E-state index in [2.05, 4.69) is 10.3 Å². The van der Waals surface area contributed by atoms with Crippen LogP contribution in [0.15, 0.2) is 18.7 Å². The second kappa shape index (κ2) is 7.73. The van der Waals surface area contributed by atoms with Gasteiger partial charge in [-0.2, -0.15) is 0 Å². The van der Waals surface area contributed by atoms with Gasteiger partial charge in [-0.3, -0.25) is 4.79 Å². The van der Waals surface area contributed by atoms with Crippen LogP contribution >= 0.6 is 0 Å². The van der Waals surface area contributed by atoms with Gasteiger partial charge in [0.25, 0.3) is 0 Å². The standard InChI is InChI=1S/C14H24N4O3S/c1-22(20,21)18-8-2-4-13(11-18)10-16-14(19)5-3-7-17-9-6-15-12-17/h6,9,12-13H,2-5,7-8,10-11H2,1H3,(H,16,19)/t13-/m1/s1. The number of nitrogens with one attached hydrogen (secondary N) is 1. The lowest BCUT2D eigenvalue weighted by Crippen LogP contribution is -2.43. The summed E-state index contributed by atoms with van der Waals surface area (Å²) >= 11 is 0. The quantitative estimate of drug-likeness (QED) is 0.788. The van der Waals surface area contributed by atoms with Gasteiger partial charge in [0.15, 0.2) is 0 Å². The molecule has 0 aromatic carbocycles. The maximum absolute atomic E-state index is 11.8. The smallest absolute Gasteiger partial charge is 0.220 e. The molecule has 1 amide bonds. The molecule has 1 aliphatic heterocycles. The Morgan fingerprint density at radius 1 is 1.45 bits per heavy atom. The molecule has 0 radical (unpaired) electrons. The Morgan fingerprint density at radius 2 is 2.27 bits per heavy atom. The van der Waals surface area contributed by atoms with Gasteiger partial charge in [0, 0.05) is 45.0 Å². The largest absolute Gasteiger partial charge is 0.356 e. The van der Waals surface area contributed by atoms with Crippen LogP contribution in [0.5, 0.6) is 0 Å². The second-order valence-corrected chi connectivity index (χ2v) is 7.82. The number of nitrogens with zero attached hydrogens (tertiary/aromatic N) is 3. The number of aromatic nitrogens is 2. The number of carbonyl (C=O) groups is 1. The fourth-order valence-electron chi connectivity index (χ4n) is 2.68. The number of rotatable bonds is 7. The van der Waals surface area contributed by atoms with E-state index in [0.717, 1.165) is 25.8 Å². The zero-order chi connectivity index (χ0) is 16.0. The highest BCUT2D eigenvalue weighted by Gasteiger charge is 2.25. The van der Waals surface area contributed by atoms with Crippen LogP contribution in [0.4, 0.5) is 0 Å². The highest BCUT2D eigenvalue weighted by atomic mass is 32.2. The maximum Gasteiger partial charge on any atom is 0.220 e. The number of amides is 1. The van der Waals surface area contributed by atoms with Gasteiger partial charge in [-0.15, -0.1) is 0 Å². The van der Waals surface area contributed by atoms with E-state index in [-0.39, 0.29) is 11.8 Å². The lowest BCUT2D eigenvalue weighted by Gasteiger charge is -2.30. The summed E-state index contributed by atoms with van der Waals surface area (Å²) in [6, 6.07) is 0. The second-order valence-electron chi connectivity index (χ2n) is 5.84. The van der Waals surface area contributed by atoms with Crippen molar-refractivity contribution in [2.75, 3.05) is 25.9 Å². The van der Waals surface area contributed by atoms with Gasteiger partial charge in [-0.25, -0.2) is 17.7 Å². The normalized spacial score (nSPS) is 20.0. The molecule has 1 atom stereocenters. The average molecular weight is 328 g/mol. The first kappa shape index (κ1) is 17.0. The maximum atomic E-state index is 11.8. The van der Waals surface area contributed by atoms with Crippen LogP contribution in [0, 0.1) is 5.92 Å². The Labute approximate surface area is 131 Å². The zero-order valence-corrected chi connectivity index (χ0v) is 13.8. The molecular weight excluding hydrogens is 304 g/mol. The summed E-state index contributed by atoms with van der Waals surface area (Å²) in [5, 5.41) is 2.92. The molecule has 1 fully saturated rings. The lowest BCUT2D eigenvalue weighted by atomic mass is 10.00. The lowest BCUT2D eigenvalue weighted by molar-refractivity contribution is -0.121. The van der Waals surface area contributed by atoms with E-state index < -0.39 is 10.0 Å². The number of aryl methyl sites for hydroxylation is 1. The molecule has 0 saturated carbocycles. The van der Waals surface area contributed by atoms with E-state index in [9.17, 15) is 13.2 Å². The molecule has 1 aliphatic rings. The number of carbonyl (C=O) groups excluding carboxylic acids is 1. The van der Waals surface area contributed by atoms with Crippen LogP contribution in [0.1, 0.15) is 25.7 Å². The predicted octanol–water partition coefficient (Wildman–Crippen LogP) is 0.451. The number of piperidine rings is 1. The van der Waals surface area contributed by atoms with Gasteiger partial charge in [0.1, 0.15) is 0 Å².